The van der Waals surface area contributed by atoms with Crippen LogP contribution in [0.2, 0.25) is 0 Å². The molecule has 1 N–H and O–H groups in total. The lowest BCUT2D eigenvalue weighted by atomic mass is 10.1. The first-order valence-electron chi connectivity index (χ1n) is 7.80. The molecule has 1 aliphatic heterocycles. The highest BCUT2D eigenvalue weighted by atomic mass is 127. The number of benzene rings is 1. The van der Waals surface area contributed by atoms with Crippen LogP contribution in [0.25, 0.3) is 22.6 Å². The van der Waals surface area contributed by atoms with Gasteiger partial charge in [0.15, 0.2) is 5.65 Å². The molecular formula is C17H16BrIN4O. The van der Waals surface area contributed by atoms with Crippen LogP contribution in [-0.4, -0.2) is 46.2 Å². The van der Waals surface area contributed by atoms with Crippen molar-refractivity contribution in [2.75, 3.05) is 26.3 Å². The smallest absolute Gasteiger partial charge is 0.179 e. The SMILES string of the molecule is Brc1cnc2nc(-c3ccc(CN4CCOCC4)cc3)[nH]c2c1I. The third-order valence-electron chi connectivity index (χ3n) is 4.15. The molecule has 5 nitrogen and oxygen atoms in total. The molecule has 1 fully saturated rings. The molecule has 7 heteroatoms. The van der Waals surface area contributed by atoms with Crippen molar-refractivity contribution in [3.8, 4) is 11.4 Å². The quantitative estimate of drug-likeness (QED) is 0.558. The van der Waals surface area contributed by atoms with Crippen molar-refractivity contribution in [2.24, 2.45) is 0 Å². The van der Waals surface area contributed by atoms with Crippen LogP contribution in [0.4, 0.5) is 0 Å². The zero-order valence-electron chi connectivity index (χ0n) is 12.9. The molecule has 4 rings (SSSR count). The summed E-state index contributed by atoms with van der Waals surface area (Å²) in [5, 5.41) is 0. The highest BCUT2D eigenvalue weighted by Gasteiger charge is 2.13. The predicted molar refractivity (Wildman–Crippen MR) is 106 cm³/mol. The second-order valence-corrected chi connectivity index (χ2v) is 7.72. The molecule has 3 aromatic rings. The molecule has 2 aromatic heterocycles. The van der Waals surface area contributed by atoms with Gasteiger partial charge in [-0.1, -0.05) is 24.3 Å². The largest absolute Gasteiger partial charge is 0.379 e. The molecule has 0 radical (unpaired) electrons. The Morgan fingerprint density at radius 1 is 1.21 bits per heavy atom. The Kier molecular flexibility index (Phi) is 4.84. The van der Waals surface area contributed by atoms with Gasteiger partial charge in [0.2, 0.25) is 0 Å². The maximum atomic E-state index is 5.40. The van der Waals surface area contributed by atoms with E-state index < -0.39 is 0 Å². The lowest BCUT2D eigenvalue weighted by Crippen LogP contribution is -2.35. The molecular weight excluding hydrogens is 483 g/mol. The third kappa shape index (κ3) is 3.35. The van der Waals surface area contributed by atoms with Gasteiger partial charge in [-0.05, 0) is 44.1 Å². The van der Waals surface area contributed by atoms with Gasteiger partial charge >= 0.3 is 0 Å². The predicted octanol–water partition coefficient (Wildman–Crippen LogP) is 3.82. The number of imidazole rings is 1. The second-order valence-electron chi connectivity index (χ2n) is 5.79. The van der Waals surface area contributed by atoms with E-state index in [1.165, 1.54) is 5.56 Å². The molecule has 0 unspecified atom stereocenters. The average molecular weight is 499 g/mol. The normalized spacial score (nSPS) is 15.9. The van der Waals surface area contributed by atoms with Gasteiger partial charge in [0.25, 0.3) is 0 Å². The van der Waals surface area contributed by atoms with Crippen molar-refractivity contribution in [3.05, 3.63) is 44.1 Å². The standard InChI is InChI=1S/C17H16BrIN4O/c18-13-9-20-17-15(14(13)19)21-16(22-17)12-3-1-11(2-4-12)10-23-5-7-24-8-6-23/h1-4,9H,5-8,10H2,(H,20,21,22). The molecule has 124 valence electrons. The van der Waals surface area contributed by atoms with Crippen molar-refractivity contribution < 1.29 is 4.74 Å². The molecule has 1 aliphatic rings. The summed E-state index contributed by atoms with van der Waals surface area (Å²) >= 11 is 5.80. The molecule has 24 heavy (non-hydrogen) atoms. The summed E-state index contributed by atoms with van der Waals surface area (Å²) in [6.07, 6.45) is 1.79. The van der Waals surface area contributed by atoms with E-state index in [1.54, 1.807) is 6.20 Å². The van der Waals surface area contributed by atoms with Gasteiger partial charge in [-0.3, -0.25) is 4.90 Å². The van der Waals surface area contributed by atoms with Crippen LogP contribution in [0, 0.1) is 3.57 Å². The number of aromatic amines is 1. The third-order valence-corrected chi connectivity index (χ3v) is 6.61. The summed E-state index contributed by atoms with van der Waals surface area (Å²) in [5.41, 5.74) is 4.10. The van der Waals surface area contributed by atoms with Crippen LogP contribution in [-0.2, 0) is 11.3 Å². The first-order chi connectivity index (χ1) is 11.7. The molecule has 0 amide bonds. The van der Waals surface area contributed by atoms with Gasteiger partial charge in [-0.25, -0.2) is 9.97 Å². The fraction of sp³-hybridized carbons (Fsp3) is 0.294. The van der Waals surface area contributed by atoms with E-state index in [2.05, 4.69) is 82.6 Å². The van der Waals surface area contributed by atoms with Crippen LogP contribution in [0.3, 0.4) is 0 Å². The number of aromatic nitrogens is 3. The number of nitrogens with zero attached hydrogens (tertiary/aromatic N) is 3. The maximum absolute atomic E-state index is 5.40. The van der Waals surface area contributed by atoms with Gasteiger partial charge < -0.3 is 9.72 Å². The van der Waals surface area contributed by atoms with Crippen molar-refractivity contribution in [3.63, 3.8) is 0 Å². The van der Waals surface area contributed by atoms with Crippen molar-refractivity contribution in [1.29, 1.82) is 0 Å². The molecule has 0 aliphatic carbocycles. The fourth-order valence-electron chi connectivity index (χ4n) is 2.83. The van der Waals surface area contributed by atoms with Crippen LogP contribution < -0.4 is 0 Å². The van der Waals surface area contributed by atoms with E-state index in [9.17, 15) is 0 Å². The molecule has 0 bridgehead atoms. The Balaban J connectivity index is 1.57. The minimum absolute atomic E-state index is 0.745. The monoisotopic (exact) mass is 498 g/mol. The number of rotatable bonds is 3. The number of nitrogens with one attached hydrogen (secondary N) is 1. The summed E-state index contributed by atoms with van der Waals surface area (Å²) in [4.78, 5) is 14.8. The first kappa shape index (κ1) is 16.4. The zero-order valence-corrected chi connectivity index (χ0v) is 16.7. The number of hydrogen-bond donors (Lipinski definition) is 1. The number of morpholine rings is 1. The van der Waals surface area contributed by atoms with Crippen LogP contribution in [0.1, 0.15) is 5.56 Å². The Morgan fingerprint density at radius 3 is 2.71 bits per heavy atom. The van der Waals surface area contributed by atoms with Gasteiger partial charge in [-0.2, -0.15) is 0 Å². The van der Waals surface area contributed by atoms with E-state index in [4.69, 9.17) is 4.74 Å². The fourth-order valence-corrected chi connectivity index (χ4v) is 3.64. The van der Waals surface area contributed by atoms with E-state index in [0.717, 1.165) is 63.4 Å². The van der Waals surface area contributed by atoms with Crippen LogP contribution >= 0.6 is 38.5 Å². The Bertz CT molecular complexity index is 859. The lowest BCUT2D eigenvalue weighted by Gasteiger charge is -2.26. The molecule has 1 aromatic carbocycles. The highest BCUT2D eigenvalue weighted by Crippen LogP contribution is 2.27. The Labute approximate surface area is 162 Å². The summed E-state index contributed by atoms with van der Waals surface area (Å²) in [7, 11) is 0. The zero-order chi connectivity index (χ0) is 16.5. The van der Waals surface area contributed by atoms with Crippen LogP contribution in [0.15, 0.2) is 34.9 Å². The van der Waals surface area contributed by atoms with Crippen molar-refractivity contribution in [1.82, 2.24) is 19.9 Å². The first-order valence-corrected chi connectivity index (χ1v) is 9.67. The van der Waals surface area contributed by atoms with E-state index in [-0.39, 0.29) is 0 Å². The summed E-state index contributed by atoms with van der Waals surface area (Å²) in [5.74, 6) is 0.853. The van der Waals surface area contributed by atoms with Gasteiger partial charge in [0.05, 0.1) is 26.8 Å². The van der Waals surface area contributed by atoms with E-state index >= 15 is 0 Å². The summed E-state index contributed by atoms with van der Waals surface area (Å²) in [6, 6.07) is 8.59. The molecule has 1 saturated heterocycles. The summed E-state index contributed by atoms with van der Waals surface area (Å²) in [6.45, 7) is 4.64. The minimum Gasteiger partial charge on any atom is -0.379 e. The van der Waals surface area contributed by atoms with E-state index in [1.807, 2.05) is 0 Å². The number of fused-ring (bicyclic) bond motifs is 1. The molecule has 0 saturated carbocycles. The molecule has 0 atom stereocenters. The highest BCUT2D eigenvalue weighted by molar-refractivity contribution is 14.1. The molecule has 3 heterocycles. The maximum Gasteiger partial charge on any atom is 0.179 e. The van der Waals surface area contributed by atoms with Crippen LogP contribution in [0.5, 0.6) is 0 Å². The van der Waals surface area contributed by atoms with Crippen molar-refractivity contribution >= 4 is 49.7 Å². The van der Waals surface area contributed by atoms with E-state index in [0.29, 0.717) is 0 Å². The lowest BCUT2D eigenvalue weighted by molar-refractivity contribution is 0.0342. The molecule has 0 spiro atoms. The second kappa shape index (κ2) is 7.07. The van der Waals surface area contributed by atoms with Gasteiger partial charge in [0.1, 0.15) is 5.82 Å². The topological polar surface area (TPSA) is 54.0 Å². The summed E-state index contributed by atoms with van der Waals surface area (Å²) < 4.78 is 7.47. The average Bonchev–Trinajstić information content (AvgIpc) is 3.05. The minimum atomic E-state index is 0.745. The van der Waals surface area contributed by atoms with Crippen molar-refractivity contribution in [2.45, 2.75) is 6.54 Å². The number of pyridine rings is 1. The number of H-pyrrole nitrogens is 1. The number of ether oxygens (including phenoxy) is 1. The Hall–Kier alpha value is -1.03. The number of hydrogen-bond acceptors (Lipinski definition) is 4. The van der Waals surface area contributed by atoms with Gasteiger partial charge in [0, 0.05) is 31.4 Å². The number of halogens is 2. The Morgan fingerprint density at radius 2 is 1.96 bits per heavy atom. The van der Waals surface area contributed by atoms with Gasteiger partial charge in [-0.15, -0.1) is 0 Å².